The largest absolute Gasteiger partial charge is 0.416 e. The molecule has 2 rings (SSSR count). The van der Waals surface area contributed by atoms with Crippen molar-refractivity contribution in [3.05, 3.63) is 35.4 Å². The Morgan fingerprint density at radius 2 is 2.06 bits per heavy atom. The molecule has 0 radical (unpaired) electrons. The van der Waals surface area contributed by atoms with E-state index in [2.05, 4.69) is 15.9 Å². The predicted molar refractivity (Wildman–Crippen MR) is 62.1 cm³/mol. The van der Waals surface area contributed by atoms with E-state index in [4.69, 9.17) is 4.74 Å². The Morgan fingerprint density at radius 1 is 1.29 bits per heavy atom. The zero-order chi connectivity index (χ0) is 12.5. The topological polar surface area (TPSA) is 9.23 Å². The molecule has 1 heterocycles. The van der Waals surface area contributed by atoms with Gasteiger partial charge in [-0.25, -0.2) is 0 Å². The molecule has 17 heavy (non-hydrogen) atoms. The van der Waals surface area contributed by atoms with Crippen molar-refractivity contribution in [2.45, 2.75) is 31.2 Å². The first-order chi connectivity index (χ1) is 8.00. The third-order valence-corrected chi connectivity index (χ3v) is 3.59. The molecule has 0 amide bonds. The molecular weight excluding hydrogens is 297 g/mol. The first kappa shape index (κ1) is 12.9. The molecule has 2 atom stereocenters. The van der Waals surface area contributed by atoms with Gasteiger partial charge in [-0.05, 0) is 30.5 Å². The maximum atomic E-state index is 12.5. The number of hydrogen-bond donors (Lipinski definition) is 0. The Balaban J connectivity index is 2.17. The minimum absolute atomic E-state index is 0.106. The van der Waals surface area contributed by atoms with Gasteiger partial charge in [0.1, 0.15) is 0 Å². The van der Waals surface area contributed by atoms with Gasteiger partial charge in [-0.2, -0.15) is 13.2 Å². The summed E-state index contributed by atoms with van der Waals surface area (Å²) in [6, 6.07) is 5.39. The van der Waals surface area contributed by atoms with Gasteiger partial charge < -0.3 is 4.74 Å². The van der Waals surface area contributed by atoms with Crippen molar-refractivity contribution in [2.24, 2.45) is 0 Å². The molecule has 0 spiro atoms. The molecule has 1 aliphatic rings. The quantitative estimate of drug-likeness (QED) is 0.739. The molecule has 2 unspecified atom stereocenters. The van der Waals surface area contributed by atoms with Crippen LogP contribution in [0.15, 0.2) is 24.3 Å². The molecule has 1 aliphatic heterocycles. The van der Waals surface area contributed by atoms with Crippen molar-refractivity contribution in [1.29, 1.82) is 0 Å². The first-order valence-corrected chi connectivity index (χ1v) is 6.51. The Morgan fingerprint density at radius 3 is 2.65 bits per heavy atom. The lowest BCUT2D eigenvalue weighted by atomic mass is 10.0. The molecule has 0 aliphatic carbocycles. The van der Waals surface area contributed by atoms with Crippen LogP contribution in [0, 0.1) is 0 Å². The number of benzene rings is 1. The van der Waals surface area contributed by atoms with Crippen LogP contribution in [0.1, 0.15) is 30.1 Å². The molecule has 1 fully saturated rings. The first-order valence-electron chi connectivity index (χ1n) is 5.39. The summed E-state index contributed by atoms with van der Waals surface area (Å²) in [6.07, 6.45) is -2.73. The third kappa shape index (κ3) is 3.01. The van der Waals surface area contributed by atoms with E-state index >= 15 is 0 Å². The lowest BCUT2D eigenvalue weighted by molar-refractivity contribution is -0.137. The highest BCUT2D eigenvalue weighted by atomic mass is 79.9. The highest BCUT2D eigenvalue weighted by Crippen LogP contribution is 2.36. The third-order valence-electron chi connectivity index (χ3n) is 2.87. The van der Waals surface area contributed by atoms with E-state index in [1.165, 1.54) is 12.1 Å². The molecule has 5 heteroatoms. The highest BCUT2D eigenvalue weighted by Gasteiger charge is 2.32. The summed E-state index contributed by atoms with van der Waals surface area (Å²) < 4.78 is 43.3. The maximum Gasteiger partial charge on any atom is 0.416 e. The highest BCUT2D eigenvalue weighted by molar-refractivity contribution is 9.09. The molecule has 0 bridgehead atoms. The zero-order valence-corrected chi connectivity index (χ0v) is 10.6. The number of hydrogen-bond acceptors (Lipinski definition) is 1. The van der Waals surface area contributed by atoms with E-state index in [1.54, 1.807) is 6.07 Å². The van der Waals surface area contributed by atoms with Gasteiger partial charge in [0, 0.05) is 5.33 Å². The van der Waals surface area contributed by atoms with Crippen LogP contribution in [-0.4, -0.2) is 11.4 Å². The lowest BCUT2D eigenvalue weighted by Crippen LogP contribution is -2.09. The number of ether oxygens (including phenoxy) is 1. The second kappa shape index (κ2) is 4.98. The molecule has 1 nitrogen and oxygen atoms in total. The van der Waals surface area contributed by atoms with E-state index in [0.29, 0.717) is 5.56 Å². The van der Waals surface area contributed by atoms with E-state index in [-0.39, 0.29) is 12.2 Å². The van der Waals surface area contributed by atoms with Crippen molar-refractivity contribution < 1.29 is 17.9 Å². The minimum Gasteiger partial charge on any atom is -0.369 e. The molecule has 1 aromatic rings. The molecule has 1 aromatic carbocycles. The summed E-state index contributed by atoms with van der Waals surface area (Å²) in [5.41, 5.74) is 0.00386. The fourth-order valence-corrected chi connectivity index (χ4v) is 2.46. The van der Waals surface area contributed by atoms with Gasteiger partial charge in [0.2, 0.25) is 0 Å². The van der Waals surface area contributed by atoms with Gasteiger partial charge in [-0.3, -0.25) is 0 Å². The molecular formula is C12H12BrF3O. The van der Waals surface area contributed by atoms with Crippen LogP contribution in [0.5, 0.6) is 0 Å². The SMILES string of the molecule is FC(F)(F)c1cccc(C2CCC(CBr)O2)c1. The normalized spacial score (nSPS) is 25.2. The van der Waals surface area contributed by atoms with Gasteiger partial charge in [-0.1, -0.05) is 28.1 Å². The summed E-state index contributed by atoms with van der Waals surface area (Å²) in [7, 11) is 0. The average molecular weight is 309 g/mol. The van der Waals surface area contributed by atoms with Crippen LogP contribution < -0.4 is 0 Å². The van der Waals surface area contributed by atoms with Gasteiger partial charge >= 0.3 is 6.18 Å². The Hall–Kier alpha value is -0.550. The van der Waals surface area contributed by atoms with Crippen LogP contribution in [0.4, 0.5) is 13.2 Å². The average Bonchev–Trinajstić information content (AvgIpc) is 2.76. The molecule has 0 aromatic heterocycles. The molecule has 0 saturated carbocycles. The Labute approximate surface area is 106 Å². The fourth-order valence-electron chi connectivity index (χ4n) is 1.98. The zero-order valence-electron chi connectivity index (χ0n) is 9.01. The van der Waals surface area contributed by atoms with Crippen LogP contribution in [-0.2, 0) is 10.9 Å². The summed E-state index contributed by atoms with van der Waals surface area (Å²) in [6.45, 7) is 0. The molecule has 94 valence electrons. The molecule has 1 saturated heterocycles. The predicted octanol–water partition coefficient (Wildman–Crippen LogP) is 4.32. The van der Waals surface area contributed by atoms with Gasteiger partial charge in [0.15, 0.2) is 0 Å². The minimum atomic E-state index is -4.29. The summed E-state index contributed by atoms with van der Waals surface area (Å²) in [5, 5.41) is 0.725. The number of rotatable bonds is 2. The van der Waals surface area contributed by atoms with Crippen LogP contribution in [0.25, 0.3) is 0 Å². The lowest BCUT2D eigenvalue weighted by Gasteiger charge is -2.14. The number of alkyl halides is 4. The molecule has 0 N–H and O–H groups in total. The van der Waals surface area contributed by atoms with Crippen molar-refractivity contribution >= 4 is 15.9 Å². The monoisotopic (exact) mass is 308 g/mol. The fraction of sp³-hybridized carbons (Fsp3) is 0.500. The summed E-state index contributed by atoms with van der Waals surface area (Å²) in [4.78, 5) is 0. The van der Waals surface area contributed by atoms with E-state index in [1.807, 2.05) is 0 Å². The number of halogens is 4. The maximum absolute atomic E-state index is 12.5. The van der Waals surface area contributed by atoms with Crippen molar-refractivity contribution in [3.8, 4) is 0 Å². The summed E-state index contributed by atoms with van der Waals surface area (Å²) in [5.74, 6) is 0. The van der Waals surface area contributed by atoms with E-state index < -0.39 is 11.7 Å². The standard InChI is InChI=1S/C12H12BrF3O/c13-7-10-4-5-11(17-10)8-2-1-3-9(6-8)12(14,15)16/h1-3,6,10-11H,4-5,7H2. The summed E-state index contributed by atoms with van der Waals surface area (Å²) >= 11 is 3.32. The van der Waals surface area contributed by atoms with Crippen LogP contribution >= 0.6 is 15.9 Å². The van der Waals surface area contributed by atoms with Crippen LogP contribution in [0.3, 0.4) is 0 Å². The second-order valence-corrected chi connectivity index (χ2v) is 4.75. The van der Waals surface area contributed by atoms with Crippen LogP contribution in [0.2, 0.25) is 0 Å². The van der Waals surface area contributed by atoms with E-state index in [9.17, 15) is 13.2 Å². The van der Waals surface area contributed by atoms with Gasteiger partial charge in [0.25, 0.3) is 0 Å². The Kier molecular flexibility index (Phi) is 3.78. The van der Waals surface area contributed by atoms with E-state index in [0.717, 1.165) is 24.2 Å². The van der Waals surface area contributed by atoms with Gasteiger partial charge in [-0.15, -0.1) is 0 Å². The van der Waals surface area contributed by atoms with Crippen molar-refractivity contribution in [1.82, 2.24) is 0 Å². The van der Waals surface area contributed by atoms with Crippen molar-refractivity contribution in [3.63, 3.8) is 0 Å². The smallest absolute Gasteiger partial charge is 0.369 e. The Bertz CT molecular complexity index is 392. The van der Waals surface area contributed by atoms with Crippen molar-refractivity contribution in [2.75, 3.05) is 5.33 Å². The second-order valence-electron chi connectivity index (χ2n) is 4.10. The van der Waals surface area contributed by atoms with Gasteiger partial charge in [0.05, 0.1) is 17.8 Å².